The summed E-state index contributed by atoms with van der Waals surface area (Å²) in [5.74, 6) is 0.114. The first-order chi connectivity index (χ1) is 11.4. The molecule has 0 radical (unpaired) electrons. The van der Waals surface area contributed by atoms with Crippen molar-refractivity contribution in [3.63, 3.8) is 0 Å². The Bertz CT molecular complexity index is 811. The lowest BCUT2D eigenvalue weighted by Crippen LogP contribution is -2.14. The predicted molar refractivity (Wildman–Crippen MR) is 96.0 cm³/mol. The number of hydrogen-bond donors (Lipinski definition) is 1. The molecule has 0 fully saturated rings. The van der Waals surface area contributed by atoms with Crippen molar-refractivity contribution in [2.24, 2.45) is 0 Å². The molecule has 0 aliphatic heterocycles. The second-order valence-corrected chi connectivity index (χ2v) is 6.33. The van der Waals surface area contributed by atoms with Crippen molar-refractivity contribution in [1.82, 2.24) is 0 Å². The molecule has 0 aromatic heterocycles. The molecule has 126 valence electrons. The molecule has 0 aliphatic carbocycles. The lowest BCUT2D eigenvalue weighted by molar-refractivity contribution is -0.384. The van der Waals surface area contributed by atoms with Crippen LogP contribution in [-0.2, 0) is 0 Å². The van der Waals surface area contributed by atoms with Crippen LogP contribution in [0.2, 0.25) is 0 Å². The molecular weight excluding hydrogens is 448 g/mol. The van der Waals surface area contributed by atoms with E-state index in [0.717, 1.165) is 0 Å². The third-order valence-corrected chi connectivity index (χ3v) is 4.15. The highest BCUT2D eigenvalue weighted by molar-refractivity contribution is 9.11. The number of ether oxygens (including phenoxy) is 2. The van der Waals surface area contributed by atoms with E-state index in [0.29, 0.717) is 25.9 Å². The van der Waals surface area contributed by atoms with Crippen molar-refractivity contribution in [2.75, 3.05) is 19.5 Å². The van der Waals surface area contributed by atoms with Gasteiger partial charge in [-0.1, -0.05) is 15.9 Å². The molecule has 1 N–H and O–H groups in total. The fourth-order valence-corrected chi connectivity index (χ4v) is 3.41. The molecule has 0 aliphatic rings. The molecule has 0 saturated heterocycles. The second-order valence-electron chi connectivity index (χ2n) is 4.56. The van der Waals surface area contributed by atoms with Crippen LogP contribution in [0.1, 0.15) is 10.4 Å². The zero-order valence-corrected chi connectivity index (χ0v) is 15.8. The van der Waals surface area contributed by atoms with E-state index in [2.05, 4.69) is 37.2 Å². The summed E-state index contributed by atoms with van der Waals surface area (Å²) in [6.07, 6.45) is 0. The molecule has 2 aromatic rings. The van der Waals surface area contributed by atoms with Crippen molar-refractivity contribution in [3.8, 4) is 11.5 Å². The van der Waals surface area contributed by atoms with Gasteiger partial charge in [0.15, 0.2) is 0 Å². The van der Waals surface area contributed by atoms with Crippen LogP contribution in [0.25, 0.3) is 0 Å². The van der Waals surface area contributed by atoms with E-state index < -0.39 is 10.8 Å². The second kappa shape index (κ2) is 7.63. The summed E-state index contributed by atoms with van der Waals surface area (Å²) in [4.78, 5) is 22.8. The Morgan fingerprint density at radius 2 is 1.88 bits per heavy atom. The SMILES string of the molecule is COc1cc([N+](=O)[O-])ccc1NC(=O)c1cc(Br)cc(Br)c1OC. The standard InChI is InChI=1S/C15H12Br2N2O5/c1-23-13-7-9(19(21)22)3-4-12(13)18-15(20)10-5-8(16)6-11(17)14(10)24-2/h3-7H,1-2H3,(H,18,20). The lowest BCUT2D eigenvalue weighted by Gasteiger charge is -2.13. The van der Waals surface area contributed by atoms with Gasteiger partial charge in [0.1, 0.15) is 11.5 Å². The van der Waals surface area contributed by atoms with Gasteiger partial charge in [0.25, 0.3) is 11.6 Å². The van der Waals surface area contributed by atoms with Crippen LogP contribution in [0.3, 0.4) is 0 Å². The number of nitrogens with zero attached hydrogens (tertiary/aromatic N) is 1. The molecule has 0 saturated carbocycles. The van der Waals surface area contributed by atoms with E-state index >= 15 is 0 Å². The highest BCUT2D eigenvalue weighted by Gasteiger charge is 2.19. The number of methoxy groups -OCH3 is 2. The van der Waals surface area contributed by atoms with E-state index in [4.69, 9.17) is 9.47 Å². The van der Waals surface area contributed by atoms with Crippen LogP contribution in [0.15, 0.2) is 39.3 Å². The van der Waals surface area contributed by atoms with Gasteiger partial charge in [-0.05, 0) is 34.1 Å². The fraction of sp³-hybridized carbons (Fsp3) is 0.133. The van der Waals surface area contributed by atoms with Gasteiger partial charge in [0, 0.05) is 10.5 Å². The summed E-state index contributed by atoms with van der Waals surface area (Å²) in [5, 5.41) is 13.5. The summed E-state index contributed by atoms with van der Waals surface area (Å²) in [7, 11) is 2.82. The molecule has 9 heteroatoms. The van der Waals surface area contributed by atoms with Gasteiger partial charge >= 0.3 is 0 Å². The van der Waals surface area contributed by atoms with Crippen molar-refractivity contribution in [2.45, 2.75) is 0 Å². The quantitative estimate of drug-likeness (QED) is 0.528. The summed E-state index contributed by atoms with van der Waals surface area (Å²) in [6, 6.07) is 7.29. The minimum Gasteiger partial charge on any atom is -0.495 e. The molecule has 0 bridgehead atoms. The maximum Gasteiger partial charge on any atom is 0.273 e. The summed E-state index contributed by atoms with van der Waals surface area (Å²) in [5.41, 5.74) is 0.470. The van der Waals surface area contributed by atoms with Crippen LogP contribution in [0.4, 0.5) is 11.4 Å². The Labute approximate surface area is 154 Å². The van der Waals surface area contributed by atoms with Crippen LogP contribution in [0.5, 0.6) is 11.5 Å². The van der Waals surface area contributed by atoms with Crippen molar-refractivity contribution in [1.29, 1.82) is 0 Å². The molecule has 0 heterocycles. The number of nitrogens with one attached hydrogen (secondary N) is 1. The number of benzene rings is 2. The number of carbonyl (C=O) groups is 1. The highest BCUT2D eigenvalue weighted by Crippen LogP contribution is 2.34. The number of nitro groups is 1. The Morgan fingerprint density at radius 1 is 1.17 bits per heavy atom. The number of anilines is 1. The molecular formula is C15H12Br2N2O5. The normalized spacial score (nSPS) is 10.2. The van der Waals surface area contributed by atoms with Gasteiger partial charge in [0.05, 0.1) is 40.9 Å². The maximum atomic E-state index is 12.6. The van der Waals surface area contributed by atoms with Gasteiger partial charge in [-0.15, -0.1) is 0 Å². The topological polar surface area (TPSA) is 90.7 Å². The third-order valence-electron chi connectivity index (χ3n) is 3.10. The van der Waals surface area contributed by atoms with Crippen LogP contribution in [-0.4, -0.2) is 25.1 Å². The zero-order valence-electron chi connectivity index (χ0n) is 12.6. The first kappa shape index (κ1) is 18.2. The molecule has 24 heavy (non-hydrogen) atoms. The van der Waals surface area contributed by atoms with E-state index in [1.807, 2.05) is 0 Å². The van der Waals surface area contributed by atoms with Crippen molar-refractivity contribution < 1.29 is 19.2 Å². The highest BCUT2D eigenvalue weighted by atomic mass is 79.9. The number of halogens is 2. The zero-order chi connectivity index (χ0) is 17.9. The molecule has 1 amide bonds. The minimum absolute atomic E-state index is 0.132. The number of hydrogen-bond acceptors (Lipinski definition) is 5. The van der Waals surface area contributed by atoms with Crippen LogP contribution in [0, 0.1) is 10.1 Å². The molecule has 2 rings (SSSR count). The van der Waals surface area contributed by atoms with Crippen molar-refractivity contribution >= 4 is 49.1 Å². The van der Waals surface area contributed by atoms with Crippen LogP contribution >= 0.6 is 31.9 Å². The Morgan fingerprint density at radius 3 is 2.46 bits per heavy atom. The Kier molecular flexibility index (Phi) is 5.79. The van der Waals surface area contributed by atoms with Gasteiger partial charge in [-0.2, -0.15) is 0 Å². The van der Waals surface area contributed by atoms with E-state index in [1.165, 1.54) is 32.4 Å². The van der Waals surface area contributed by atoms with Crippen molar-refractivity contribution in [3.05, 3.63) is 55.0 Å². The van der Waals surface area contributed by atoms with E-state index in [-0.39, 0.29) is 11.4 Å². The molecule has 7 nitrogen and oxygen atoms in total. The minimum atomic E-state index is -0.539. The summed E-state index contributed by atoms with van der Waals surface area (Å²) < 4.78 is 11.7. The summed E-state index contributed by atoms with van der Waals surface area (Å²) >= 11 is 6.65. The molecule has 0 atom stereocenters. The third kappa shape index (κ3) is 3.85. The first-order valence-corrected chi connectivity index (χ1v) is 8.12. The van der Waals surface area contributed by atoms with Gasteiger partial charge in [0.2, 0.25) is 0 Å². The van der Waals surface area contributed by atoms with Gasteiger partial charge < -0.3 is 14.8 Å². The number of rotatable bonds is 5. The van der Waals surface area contributed by atoms with E-state index in [1.54, 1.807) is 12.1 Å². The molecule has 0 unspecified atom stereocenters. The van der Waals surface area contributed by atoms with E-state index in [9.17, 15) is 14.9 Å². The van der Waals surface area contributed by atoms with Gasteiger partial charge in [-0.3, -0.25) is 14.9 Å². The molecule has 0 spiro atoms. The number of non-ortho nitro benzene ring substituents is 1. The first-order valence-electron chi connectivity index (χ1n) is 6.54. The average Bonchev–Trinajstić information content (AvgIpc) is 2.54. The molecule has 2 aromatic carbocycles. The average molecular weight is 460 g/mol. The number of nitro benzene ring substituents is 1. The Balaban J connectivity index is 2.39. The monoisotopic (exact) mass is 458 g/mol. The smallest absolute Gasteiger partial charge is 0.273 e. The van der Waals surface area contributed by atoms with Gasteiger partial charge in [-0.25, -0.2) is 0 Å². The van der Waals surface area contributed by atoms with Crippen LogP contribution < -0.4 is 14.8 Å². The lowest BCUT2D eigenvalue weighted by atomic mass is 10.1. The fourth-order valence-electron chi connectivity index (χ4n) is 2.02. The number of carbonyl (C=O) groups excluding carboxylic acids is 1. The predicted octanol–water partition coefficient (Wildman–Crippen LogP) is 4.39. The number of amides is 1. The Hall–Kier alpha value is -2.13. The maximum absolute atomic E-state index is 12.6. The summed E-state index contributed by atoms with van der Waals surface area (Å²) in [6.45, 7) is 0. The largest absolute Gasteiger partial charge is 0.495 e.